The average Bonchev–Trinajstić information content (AvgIpc) is 2.78. The highest BCUT2D eigenvalue weighted by Gasteiger charge is 2.13. The molecule has 0 spiro atoms. The molecule has 168 valence electrons. The molecule has 0 amide bonds. The molecule has 1 N–H and O–H groups in total. The number of rotatable bonds is 10. The summed E-state index contributed by atoms with van der Waals surface area (Å²) in [5.41, 5.74) is 1.69. The Morgan fingerprint density at radius 3 is 2.34 bits per heavy atom. The molecule has 0 saturated carbocycles. The highest BCUT2D eigenvalue weighted by molar-refractivity contribution is 7.89. The van der Waals surface area contributed by atoms with Gasteiger partial charge in [0.25, 0.3) is 10.0 Å². The first-order chi connectivity index (χ1) is 15.4. The maximum absolute atomic E-state index is 12.4. The zero-order valence-corrected chi connectivity index (χ0v) is 19.0. The molecular formula is C24H26N2O5S. The summed E-state index contributed by atoms with van der Waals surface area (Å²) in [6, 6.07) is 21.2. The van der Waals surface area contributed by atoms with Crippen molar-refractivity contribution in [3.05, 3.63) is 83.9 Å². The number of hydrogen-bond acceptors (Lipinski definition) is 6. The van der Waals surface area contributed by atoms with Crippen molar-refractivity contribution in [3.63, 3.8) is 0 Å². The molecule has 3 aromatic carbocycles. The van der Waals surface area contributed by atoms with Gasteiger partial charge >= 0.3 is 0 Å². The minimum absolute atomic E-state index is 0.00676. The Kier molecular flexibility index (Phi) is 7.72. The van der Waals surface area contributed by atoms with Crippen molar-refractivity contribution in [2.24, 2.45) is 5.10 Å². The van der Waals surface area contributed by atoms with Crippen molar-refractivity contribution < 1.29 is 22.6 Å². The van der Waals surface area contributed by atoms with Gasteiger partial charge in [0.05, 0.1) is 24.3 Å². The summed E-state index contributed by atoms with van der Waals surface area (Å²) in [6.45, 7) is 4.21. The fraction of sp³-hybridized carbons (Fsp3) is 0.208. The van der Waals surface area contributed by atoms with Crippen LogP contribution in [-0.4, -0.2) is 27.8 Å². The summed E-state index contributed by atoms with van der Waals surface area (Å²) < 4.78 is 41.6. The molecule has 3 rings (SSSR count). The van der Waals surface area contributed by atoms with Gasteiger partial charge < -0.3 is 14.2 Å². The molecule has 0 aliphatic rings. The van der Waals surface area contributed by atoms with Crippen LogP contribution < -0.4 is 19.0 Å². The summed E-state index contributed by atoms with van der Waals surface area (Å²) in [6.07, 6.45) is 1.41. The van der Waals surface area contributed by atoms with Gasteiger partial charge in [-0.25, -0.2) is 4.83 Å². The number of benzene rings is 3. The Morgan fingerprint density at radius 1 is 0.969 bits per heavy atom. The van der Waals surface area contributed by atoms with E-state index in [9.17, 15) is 8.42 Å². The smallest absolute Gasteiger partial charge is 0.276 e. The van der Waals surface area contributed by atoms with E-state index in [4.69, 9.17) is 14.2 Å². The minimum atomic E-state index is -3.80. The monoisotopic (exact) mass is 454 g/mol. The summed E-state index contributed by atoms with van der Waals surface area (Å²) in [5.74, 6) is 1.70. The molecule has 0 aliphatic heterocycles. The summed E-state index contributed by atoms with van der Waals surface area (Å²) in [5, 5.41) is 3.87. The number of ether oxygens (including phenoxy) is 3. The fourth-order valence-corrected chi connectivity index (χ4v) is 3.60. The van der Waals surface area contributed by atoms with Gasteiger partial charge in [-0.3, -0.25) is 0 Å². The van der Waals surface area contributed by atoms with Crippen LogP contribution in [0.5, 0.6) is 17.2 Å². The molecule has 0 aromatic heterocycles. The zero-order chi connectivity index (χ0) is 23.0. The van der Waals surface area contributed by atoms with Crippen molar-refractivity contribution in [3.8, 4) is 17.2 Å². The van der Waals surface area contributed by atoms with Crippen molar-refractivity contribution in [2.45, 2.75) is 31.5 Å². The SMILES string of the molecule is COc1cc(/C=N/NS(=O)(=O)c2ccc(OC(C)C)cc2)ccc1OCc1ccccc1. The predicted molar refractivity (Wildman–Crippen MR) is 124 cm³/mol. The standard InChI is InChI=1S/C24H26N2O5S/c1-18(2)31-21-10-12-22(13-11-21)32(27,28)26-25-16-20-9-14-23(24(15-20)29-3)30-17-19-7-5-4-6-8-19/h4-16,18,26H,17H2,1-3H3/b25-16+. The summed E-state index contributed by atoms with van der Waals surface area (Å²) >= 11 is 0. The lowest BCUT2D eigenvalue weighted by Gasteiger charge is -2.11. The first-order valence-electron chi connectivity index (χ1n) is 10.0. The number of nitrogens with zero attached hydrogens (tertiary/aromatic N) is 1. The van der Waals surface area contributed by atoms with E-state index in [-0.39, 0.29) is 11.0 Å². The first-order valence-corrected chi connectivity index (χ1v) is 11.5. The molecule has 0 atom stereocenters. The van der Waals surface area contributed by atoms with Crippen LogP contribution >= 0.6 is 0 Å². The topological polar surface area (TPSA) is 86.2 Å². The summed E-state index contributed by atoms with van der Waals surface area (Å²) in [4.78, 5) is 2.30. The van der Waals surface area contributed by atoms with Gasteiger partial charge in [-0.05, 0) is 67.4 Å². The van der Waals surface area contributed by atoms with Gasteiger partial charge in [-0.1, -0.05) is 30.3 Å². The van der Waals surface area contributed by atoms with Crippen molar-refractivity contribution in [1.82, 2.24) is 4.83 Å². The molecule has 0 saturated heterocycles. The molecule has 0 heterocycles. The number of nitrogens with one attached hydrogen (secondary N) is 1. The first kappa shape index (κ1) is 23.1. The minimum Gasteiger partial charge on any atom is -0.493 e. The average molecular weight is 455 g/mol. The van der Waals surface area contributed by atoms with Gasteiger partial charge in [0, 0.05) is 0 Å². The Bertz CT molecular complexity index is 1140. The second-order valence-corrected chi connectivity index (χ2v) is 8.84. The lowest BCUT2D eigenvalue weighted by molar-refractivity contribution is 0.242. The largest absolute Gasteiger partial charge is 0.493 e. The van der Waals surface area contributed by atoms with E-state index in [0.29, 0.717) is 29.4 Å². The van der Waals surface area contributed by atoms with Gasteiger partial charge in [-0.15, -0.1) is 0 Å². The van der Waals surface area contributed by atoms with Gasteiger partial charge in [-0.2, -0.15) is 13.5 Å². The maximum Gasteiger partial charge on any atom is 0.276 e. The number of hydrogen-bond donors (Lipinski definition) is 1. The molecule has 3 aromatic rings. The lowest BCUT2D eigenvalue weighted by Crippen LogP contribution is -2.18. The Hall–Kier alpha value is -3.52. The Morgan fingerprint density at radius 2 is 1.69 bits per heavy atom. The quantitative estimate of drug-likeness (QED) is 0.363. The highest BCUT2D eigenvalue weighted by atomic mass is 32.2. The van der Waals surface area contributed by atoms with E-state index in [2.05, 4.69) is 9.93 Å². The molecule has 0 radical (unpaired) electrons. The maximum atomic E-state index is 12.4. The van der Waals surface area contributed by atoms with Crippen LogP contribution in [0.2, 0.25) is 0 Å². The molecule has 0 bridgehead atoms. The third kappa shape index (κ3) is 6.49. The Balaban J connectivity index is 1.64. The van der Waals surface area contributed by atoms with Gasteiger partial charge in [0.1, 0.15) is 12.4 Å². The second-order valence-electron chi connectivity index (χ2n) is 7.18. The van der Waals surface area contributed by atoms with Gasteiger partial charge in [0.15, 0.2) is 11.5 Å². The van der Waals surface area contributed by atoms with Crippen LogP contribution in [0.25, 0.3) is 0 Å². The third-order valence-electron chi connectivity index (χ3n) is 4.32. The number of sulfonamides is 1. The van der Waals surface area contributed by atoms with E-state index in [0.717, 1.165) is 5.56 Å². The van der Waals surface area contributed by atoms with Crippen LogP contribution in [0.3, 0.4) is 0 Å². The van der Waals surface area contributed by atoms with Crippen LogP contribution in [0.15, 0.2) is 82.8 Å². The van der Waals surface area contributed by atoms with Crippen LogP contribution in [0.4, 0.5) is 0 Å². The van der Waals surface area contributed by atoms with E-state index < -0.39 is 10.0 Å². The van der Waals surface area contributed by atoms with E-state index in [1.54, 1.807) is 37.4 Å². The van der Waals surface area contributed by atoms with Crippen LogP contribution in [-0.2, 0) is 16.6 Å². The predicted octanol–water partition coefficient (Wildman–Crippen LogP) is 4.37. The second kappa shape index (κ2) is 10.7. The Labute approximate surface area is 188 Å². The van der Waals surface area contributed by atoms with Crippen molar-refractivity contribution in [2.75, 3.05) is 7.11 Å². The van der Waals surface area contributed by atoms with Crippen LogP contribution in [0.1, 0.15) is 25.0 Å². The molecule has 7 nitrogen and oxygen atoms in total. The number of methoxy groups -OCH3 is 1. The molecule has 32 heavy (non-hydrogen) atoms. The third-order valence-corrected chi connectivity index (χ3v) is 5.56. The molecule has 8 heteroatoms. The molecular weight excluding hydrogens is 428 g/mol. The molecule has 0 unspecified atom stereocenters. The normalized spacial score (nSPS) is 11.5. The molecule has 0 fully saturated rings. The van der Waals surface area contributed by atoms with E-state index in [1.807, 2.05) is 44.2 Å². The van der Waals surface area contributed by atoms with E-state index in [1.165, 1.54) is 18.3 Å². The van der Waals surface area contributed by atoms with Crippen LogP contribution in [0, 0.1) is 0 Å². The van der Waals surface area contributed by atoms with E-state index >= 15 is 0 Å². The summed E-state index contributed by atoms with van der Waals surface area (Å²) in [7, 11) is -2.26. The lowest BCUT2D eigenvalue weighted by atomic mass is 10.2. The molecule has 0 aliphatic carbocycles. The zero-order valence-electron chi connectivity index (χ0n) is 18.2. The number of hydrazone groups is 1. The van der Waals surface area contributed by atoms with Gasteiger partial charge in [0.2, 0.25) is 0 Å². The van der Waals surface area contributed by atoms with Crippen molar-refractivity contribution >= 4 is 16.2 Å². The fourth-order valence-electron chi connectivity index (χ4n) is 2.81. The van der Waals surface area contributed by atoms with Crippen molar-refractivity contribution in [1.29, 1.82) is 0 Å². The highest BCUT2D eigenvalue weighted by Crippen LogP contribution is 2.28.